The normalized spacial score (nSPS) is 20.7. The van der Waals surface area contributed by atoms with Gasteiger partial charge >= 0.3 is 0 Å². The molecule has 0 aromatic heterocycles. The Labute approximate surface area is 178 Å². The Morgan fingerprint density at radius 1 is 1.13 bits per heavy atom. The van der Waals surface area contributed by atoms with Crippen LogP contribution < -0.4 is 10.2 Å². The molecular weight excluding hydrogens is 380 g/mol. The Hall–Kier alpha value is -2.57. The van der Waals surface area contributed by atoms with E-state index in [0.29, 0.717) is 39.1 Å². The molecule has 30 heavy (non-hydrogen) atoms. The average molecular weight is 413 g/mol. The van der Waals surface area contributed by atoms with Crippen molar-refractivity contribution in [2.24, 2.45) is 5.92 Å². The van der Waals surface area contributed by atoms with E-state index in [2.05, 4.69) is 17.1 Å². The van der Waals surface area contributed by atoms with Crippen molar-refractivity contribution in [3.63, 3.8) is 0 Å². The molecule has 0 atom stereocenters. The molecule has 3 amide bonds. The summed E-state index contributed by atoms with van der Waals surface area (Å²) in [5, 5.41) is 2.91. The summed E-state index contributed by atoms with van der Waals surface area (Å²) in [6.07, 6.45) is 5.15. The minimum atomic E-state index is -0.675. The van der Waals surface area contributed by atoms with Crippen LogP contribution in [-0.2, 0) is 14.4 Å². The van der Waals surface area contributed by atoms with Crippen LogP contribution >= 0.6 is 0 Å². The molecule has 0 bridgehead atoms. The molecule has 1 N–H and O–H groups in total. The van der Waals surface area contributed by atoms with Crippen molar-refractivity contribution >= 4 is 23.4 Å². The number of amides is 3. The number of unbranched alkanes of at least 4 members (excludes halogenated alkanes) is 1. The molecule has 2 heterocycles. The fraction of sp³-hybridized carbons (Fsp3) is 0.609. The van der Waals surface area contributed by atoms with Crippen LogP contribution in [0.25, 0.3) is 0 Å². The van der Waals surface area contributed by atoms with Crippen LogP contribution in [-0.4, -0.2) is 65.9 Å². The second-order valence-corrected chi connectivity index (χ2v) is 8.74. The smallest absolute Gasteiger partial charge is 0.250 e. The summed E-state index contributed by atoms with van der Waals surface area (Å²) in [5.74, 6) is 0.347. The lowest BCUT2D eigenvalue weighted by Crippen LogP contribution is -2.57. The van der Waals surface area contributed by atoms with E-state index < -0.39 is 5.54 Å². The third-order valence-corrected chi connectivity index (χ3v) is 6.60. The highest BCUT2D eigenvalue weighted by molar-refractivity contribution is 5.96. The first-order valence-electron chi connectivity index (χ1n) is 11.2. The number of piperidine rings is 1. The second-order valence-electron chi connectivity index (χ2n) is 8.74. The molecule has 0 radical (unpaired) electrons. The Morgan fingerprint density at radius 3 is 2.47 bits per heavy atom. The summed E-state index contributed by atoms with van der Waals surface area (Å²) >= 11 is 0. The van der Waals surface area contributed by atoms with E-state index in [9.17, 15) is 14.4 Å². The number of nitrogens with zero attached hydrogens (tertiary/aromatic N) is 3. The molecule has 1 spiro atoms. The first-order valence-corrected chi connectivity index (χ1v) is 11.2. The summed E-state index contributed by atoms with van der Waals surface area (Å²) in [4.78, 5) is 44.2. The Kier molecular flexibility index (Phi) is 5.97. The van der Waals surface area contributed by atoms with Gasteiger partial charge in [-0.2, -0.15) is 0 Å². The fourth-order valence-corrected chi connectivity index (χ4v) is 4.64. The summed E-state index contributed by atoms with van der Waals surface area (Å²) in [7, 11) is 0. The molecule has 7 nitrogen and oxygen atoms in total. The molecule has 2 aliphatic heterocycles. The third kappa shape index (κ3) is 4.02. The summed E-state index contributed by atoms with van der Waals surface area (Å²) in [6, 6.07) is 9.94. The molecule has 1 aliphatic carbocycles. The fourth-order valence-electron chi connectivity index (χ4n) is 4.64. The van der Waals surface area contributed by atoms with E-state index in [1.165, 1.54) is 0 Å². The second kappa shape index (κ2) is 8.66. The van der Waals surface area contributed by atoms with Crippen molar-refractivity contribution in [2.75, 3.05) is 37.7 Å². The first-order chi connectivity index (χ1) is 14.5. The predicted octanol–water partition coefficient (Wildman–Crippen LogP) is 1.98. The number of hydrogen-bond donors (Lipinski definition) is 1. The summed E-state index contributed by atoms with van der Waals surface area (Å²) < 4.78 is 0. The number of hydrogen-bond acceptors (Lipinski definition) is 4. The summed E-state index contributed by atoms with van der Waals surface area (Å²) in [6.45, 7) is 4.40. The van der Waals surface area contributed by atoms with E-state index in [1.54, 1.807) is 4.90 Å². The largest absolute Gasteiger partial charge is 0.355 e. The van der Waals surface area contributed by atoms with Crippen molar-refractivity contribution in [3.8, 4) is 0 Å². The number of rotatable bonds is 7. The number of carbonyl (C=O) groups excluding carboxylic acids is 3. The monoisotopic (exact) mass is 412 g/mol. The quantitative estimate of drug-likeness (QED) is 0.695. The van der Waals surface area contributed by atoms with Gasteiger partial charge in [0.05, 0.1) is 6.67 Å². The van der Waals surface area contributed by atoms with E-state index >= 15 is 0 Å². The number of likely N-dealkylation sites (tertiary alicyclic amines) is 1. The molecule has 162 valence electrons. The molecule has 1 aromatic carbocycles. The van der Waals surface area contributed by atoms with Crippen LogP contribution in [0.3, 0.4) is 0 Å². The van der Waals surface area contributed by atoms with Crippen LogP contribution in [0.1, 0.15) is 45.4 Å². The zero-order valence-electron chi connectivity index (χ0n) is 17.8. The molecule has 7 heteroatoms. The van der Waals surface area contributed by atoms with Gasteiger partial charge in [-0.15, -0.1) is 0 Å². The van der Waals surface area contributed by atoms with Crippen LogP contribution in [0.15, 0.2) is 30.3 Å². The van der Waals surface area contributed by atoms with Crippen molar-refractivity contribution < 1.29 is 14.4 Å². The van der Waals surface area contributed by atoms with E-state index in [0.717, 1.165) is 31.4 Å². The molecule has 3 fully saturated rings. The highest BCUT2D eigenvalue weighted by Gasteiger charge is 2.54. The van der Waals surface area contributed by atoms with Gasteiger partial charge in [0.25, 0.3) is 5.91 Å². The zero-order chi connectivity index (χ0) is 21.1. The van der Waals surface area contributed by atoms with Crippen LogP contribution in [0.5, 0.6) is 0 Å². The lowest BCUT2D eigenvalue weighted by molar-refractivity contribution is -0.140. The lowest BCUT2D eigenvalue weighted by Gasteiger charge is -2.43. The SMILES string of the molecule is CCCCNC(=O)CN1CN(c2ccccc2)C2(CCN(C(=O)C3CC3)CC2)C1=O. The minimum Gasteiger partial charge on any atom is -0.355 e. The van der Waals surface area contributed by atoms with Gasteiger partial charge in [0.2, 0.25) is 11.8 Å². The molecule has 0 unspecified atom stereocenters. The molecule has 1 aromatic rings. The van der Waals surface area contributed by atoms with Crippen molar-refractivity contribution in [1.29, 1.82) is 0 Å². The van der Waals surface area contributed by atoms with Gasteiger partial charge in [-0.1, -0.05) is 31.5 Å². The minimum absolute atomic E-state index is 0.00974. The highest BCUT2D eigenvalue weighted by Crippen LogP contribution is 2.40. The zero-order valence-corrected chi connectivity index (χ0v) is 17.8. The van der Waals surface area contributed by atoms with Gasteiger partial charge in [-0.3, -0.25) is 14.4 Å². The lowest BCUT2D eigenvalue weighted by atomic mass is 9.85. The number of carbonyl (C=O) groups is 3. The standard InChI is InChI=1S/C23H32N4O3/c1-2-3-13-24-20(28)16-26-17-27(19-7-5-4-6-8-19)23(22(26)30)11-14-25(15-12-23)21(29)18-9-10-18/h4-8,18H,2-3,9-17H2,1H3,(H,24,28). The average Bonchev–Trinajstić information content (AvgIpc) is 3.58. The van der Waals surface area contributed by atoms with Gasteiger partial charge in [0.1, 0.15) is 12.1 Å². The molecule has 1 saturated carbocycles. The Bertz CT molecular complexity index is 785. The van der Waals surface area contributed by atoms with Crippen LogP contribution in [0.4, 0.5) is 5.69 Å². The van der Waals surface area contributed by atoms with Crippen molar-refractivity contribution in [1.82, 2.24) is 15.1 Å². The van der Waals surface area contributed by atoms with Crippen LogP contribution in [0, 0.1) is 5.92 Å². The number of para-hydroxylation sites is 1. The number of anilines is 1. The maximum absolute atomic E-state index is 13.6. The first kappa shape index (κ1) is 20.7. The van der Waals surface area contributed by atoms with E-state index in [1.807, 2.05) is 35.2 Å². The third-order valence-electron chi connectivity index (χ3n) is 6.60. The maximum Gasteiger partial charge on any atom is 0.250 e. The highest BCUT2D eigenvalue weighted by atomic mass is 16.2. The van der Waals surface area contributed by atoms with Crippen molar-refractivity contribution in [3.05, 3.63) is 30.3 Å². The van der Waals surface area contributed by atoms with Gasteiger partial charge in [-0.25, -0.2) is 0 Å². The molecular formula is C23H32N4O3. The van der Waals surface area contributed by atoms with E-state index in [-0.39, 0.29) is 30.2 Å². The maximum atomic E-state index is 13.6. The van der Waals surface area contributed by atoms with E-state index in [4.69, 9.17) is 0 Å². The van der Waals surface area contributed by atoms with Gasteiger partial charge in [0, 0.05) is 31.2 Å². The van der Waals surface area contributed by atoms with Gasteiger partial charge < -0.3 is 20.0 Å². The van der Waals surface area contributed by atoms with Gasteiger partial charge in [0.15, 0.2) is 0 Å². The Balaban J connectivity index is 1.50. The Morgan fingerprint density at radius 2 is 1.83 bits per heavy atom. The predicted molar refractivity (Wildman–Crippen MR) is 115 cm³/mol. The molecule has 4 rings (SSSR count). The topological polar surface area (TPSA) is 73.0 Å². The van der Waals surface area contributed by atoms with Crippen molar-refractivity contribution in [2.45, 2.75) is 51.0 Å². The van der Waals surface area contributed by atoms with Crippen LogP contribution in [0.2, 0.25) is 0 Å². The molecule has 3 aliphatic rings. The van der Waals surface area contributed by atoms with Gasteiger partial charge in [-0.05, 0) is 44.2 Å². The number of nitrogens with one attached hydrogen (secondary N) is 1. The molecule has 2 saturated heterocycles. The number of benzene rings is 1. The summed E-state index contributed by atoms with van der Waals surface area (Å²) in [5.41, 5.74) is 0.312.